The molecule has 0 rings (SSSR count). The summed E-state index contributed by atoms with van der Waals surface area (Å²) in [4.78, 5) is 19.0. The molecule has 0 radical (unpaired) electrons. The number of aldehydes is 1. The van der Waals surface area contributed by atoms with E-state index >= 15 is 0 Å². The van der Waals surface area contributed by atoms with Gasteiger partial charge in [0.25, 0.3) is 0 Å². The van der Waals surface area contributed by atoms with Gasteiger partial charge in [0.05, 0.1) is 0 Å². The summed E-state index contributed by atoms with van der Waals surface area (Å²) in [7, 11) is -4.76. The molecule has 0 aromatic rings. The van der Waals surface area contributed by atoms with Gasteiger partial charge in [0, 0.05) is 0 Å². The van der Waals surface area contributed by atoms with Crippen LogP contribution < -0.4 is 0 Å². The molecule has 2 N–H and O–H groups in total. The molecule has 0 atom stereocenters. The fourth-order valence-corrected chi connectivity index (χ4v) is 0.206. The van der Waals surface area contributed by atoms with Crippen molar-refractivity contribution in [3.8, 4) is 0 Å². The molecule has 0 aromatic heterocycles. The third-order valence-electron chi connectivity index (χ3n) is 0.388. The van der Waals surface area contributed by atoms with Crippen molar-refractivity contribution in [3.05, 3.63) is 0 Å². The van der Waals surface area contributed by atoms with Crippen LogP contribution in [0.25, 0.3) is 0 Å². The number of thiol groups is 1. The summed E-state index contributed by atoms with van der Waals surface area (Å²) >= 11 is 0. The fourth-order valence-electron chi connectivity index (χ4n) is 0.0687. The van der Waals surface area contributed by atoms with Crippen molar-refractivity contribution >= 4 is 21.9 Å². The van der Waals surface area contributed by atoms with E-state index in [1.54, 1.807) is 0 Å². The average Bonchev–Trinajstić information content (AvgIpc) is 1.62. The Morgan fingerprint density at radius 1 is 1.50 bits per heavy atom. The van der Waals surface area contributed by atoms with Crippen molar-refractivity contribution < 1.29 is 22.9 Å². The van der Waals surface area contributed by atoms with Gasteiger partial charge in [0.15, 0.2) is 0 Å². The lowest BCUT2D eigenvalue weighted by Crippen LogP contribution is -2.21. The molecule has 0 aliphatic rings. The van der Waals surface area contributed by atoms with Crippen LogP contribution in [0.5, 0.6) is 0 Å². The maximum absolute atomic E-state index is 9.70. The summed E-state index contributed by atoms with van der Waals surface area (Å²) in [5.74, 6) is 0. The van der Waals surface area contributed by atoms with E-state index in [9.17, 15) is 13.8 Å². The highest BCUT2D eigenvalue weighted by Gasteiger charge is 2.13. The second-order valence-corrected chi connectivity index (χ2v) is 2.53. The van der Waals surface area contributed by atoms with Crippen LogP contribution in [0.15, 0.2) is 0 Å². The first-order valence-electron chi connectivity index (χ1n) is 1.53. The van der Waals surface area contributed by atoms with Crippen LogP contribution >= 0.6 is 0 Å². The van der Waals surface area contributed by atoms with Crippen molar-refractivity contribution in [2.45, 2.75) is 0 Å². The van der Waals surface area contributed by atoms with Gasteiger partial charge in [-0.05, 0) is 0 Å². The molecule has 6 heteroatoms. The standard InChI is InChI=1S/C2H4O5S/c3-1-2(4)8(5,6)7/h1,8H,(H2,5,6,7). The molecular weight excluding hydrogens is 136 g/mol. The molecule has 5 nitrogen and oxygen atoms in total. The molecule has 0 aliphatic carbocycles. The number of hydrogen-bond acceptors (Lipinski definition) is 3. The minimum absolute atomic E-state index is 0.402. The van der Waals surface area contributed by atoms with Gasteiger partial charge >= 0.3 is 5.12 Å². The SMILES string of the molecule is O=CC(=O)[SH](=O)(O)O. The van der Waals surface area contributed by atoms with Crippen LogP contribution in [-0.2, 0) is 20.1 Å². The van der Waals surface area contributed by atoms with Crippen molar-refractivity contribution in [2.75, 3.05) is 0 Å². The monoisotopic (exact) mass is 140 g/mol. The van der Waals surface area contributed by atoms with Crippen molar-refractivity contribution in [3.63, 3.8) is 0 Å². The highest BCUT2D eigenvalue weighted by molar-refractivity contribution is 8.08. The lowest BCUT2D eigenvalue weighted by atomic mass is 10.9. The molecule has 0 saturated heterocycles. The normalized spacial score (nSPS) is 12.8. The number of rotatable bonds is 1. The van der Waals surface area contributed by atoms with Crippen molar-refractivity contribution in [2.24, 2.45) is 0 Å². The Bertz CT molecular complexity index is 154. The summed E-state index contributed by atoms with van der Waals surface area (Å²) in [5.41, 5.74) is 0. The van der Waals surface area contributed by atoms with Gasteiger partial charge in [0.1, 0.15) is 10.5 Å². The van der Waals surface area contributed by atoms with Gasteiger partial charge in [-0.3, -0.25) is 9.59 Å². The first kappa shape index (κ1) is 7.41. The van der Waals surface area contributed by atoms with E-state index < -0.39 is 21.9 Å². The Labute approximate surface area is 45.8 Å². The quantitative estimate of drug-likeness (QED) is 0.238. The van der Waals surface area contributed by atoms with Gasteiger partial charge in [-0.2, -0.15) is 0 Å². The van der Waals surface area contributed by atoms with Crippen molar-refractivity contribution in [1.82, 2.24) is 0 Å². The first-order chi connectivity index (χ1) is 3.48. The highest BCUT2D eigenvalue weighted by atomic mass is 32.3. The average molecular weight is 140 g/mol. The molecule has 8 heavy (non-hydrogen) atoms. The second-order valence-electron chi connectivity index (χ2n) is 1.00. The molecule has 0 bridgehead atoms. The summed E-state index contributed by atoms with van der Waals surface area (Å²) in [5, 5.41) is -1.68. The maximum Gasteiger partial charge on any atom is 0.302 e. The molecule has 48 valence electrons. The molecule has 0 amide bonds. The molecule has 0 spiro atoms. The van der Waals surface area contributed by atoms with E-state index in [4.69, 9.17) is 9.11 Å². The van der Waals surface area contributed by atoms with Crippen LogP contribution in [0, 0.1) is 0 Å². The zero-order chi connectivity index (χ0) is 6.78. The van der Waals surface area contributed by atoms with Crippen LogP contribution in [0.1, 0.15) is 0 Å². The molecule has 0 heterocycles. The predicted molar refractivity (Wildman–Crippen MR) is 25.9 cm³/mol. The van der Waals surface area contributed by atoms with E-state index in [-0.39, 0.29) is 0 Å². The topological polar surface area (TPSA) is 91.7 Å². The minimum atomic E-state index is -4.76. The van der Waals surface area contributed by atoms with Crippen LogP contribution in [-0.4, -0.2) is 24.7 Å². The van der Waals surface area contributed by atoms with Gasteiger partial charge in [0.2, 0.25) is 6.29 Å². The lowest BCUT2D eigenvalue weighted by molar-refractivity contribution is -0.125. The Morgan fingerprint density at radius 3 is 1.88 bits per heavy atom. The Morgan fingerprint density at radius 2 is 1.88 bits per heavy atom. The summed E-state index contributed by atoms with van der Waals surface area (Å²) in [6.07, 6.45) is -0.402. The second kappa shape index (κ2) is 2.12. The molecule has 0 unspecified atom stereocenters. The zero-order valence-corrected chi connectivity index (χ0v) is 4.54. The van der Waals surface area contributed by atoms with Gasteiger partial charge in [-0.1, -0.05) is 0 Å². The molecular formula is C2H4O5S. The van der Waals surface area contributed by atoms with Gasteiger partial charge < -0.3 is 9.11 Å². The van der Waals surface area contributed by atoms with E-state index in [0.717, 1.165) is 0 Å². The van der Waals surface area contributed by atoms with E-state index in [1.165, 1.54) is 0 Å². The van der Waals surface area contributed by atoms with Crippen molar-refractivity contribution in [1.29, 1.82) is 0 Å². The fraction of sp³-hybridized carbons (Fsp3) is 0. The lowest BCUT2D eigenvalue weighted by Gasteiger charge is -2.00. The molecule has 0 fully saturated rings. The third kappa shape index (κ3) is 1.92. The highest BCUT2D eigenvalue weighted by Crippen LogP contribution is 1.88. The van der Waals surface area contributed by atoms with E-state index in [0.29, 0.717) is 0 Å². The number of carbonyl (C=O) groups excluding carboxylic acids is 2. The number of carbonyl (C=O) groups is 2. The predicted octanol–water partition coefficient (Wildman–Crippen LogP) is -1.33. The Kier molecular flexibility index (Phi) is 1.96. The molecule has 0 saturated carbocycles. The Balaban J connectivity index is 4.26. The third-order valence-corrected chi connectivity index (χ3v) is 1.07. The molecule has 0 aromatic carbocycles. The maximum atomic E-state index is 9.70. The van der Waals surface area contributed by atoms with E-state index in [2.05, 4.69) is 0 Å². The summed E-state index contributed by atoms with van der Waals surface area (Å²) in [6, 6.07) is 0. The minimum Gasteiger partial charge on any atom is -0.304 e. The van der Waals surface area contributed by atoms with Gasteiger partial charge in [-0.25, -0.2) is 4.21 Å². The van der Waals surface area contributed by atoms with Crippen LogP contribution in [0.3, 0.4) is 0 Å². The Hall–Kier alpha value is -0.590. The summed E-state index contributed by atoms with van der Waals surface area (Å²) < 4.78 is 25.3. The molecule has 0 aliphatic heterocycles. The zero-order valence-electron chi connectivity index (χ0n) is 3.64. The van der Waals surface area contributed by atoms with Gasteiger partial charge in [-0.15, -0.1) is 0 Å². The van der Waals surface area contributed by atoms with Crippen LogP contribution in [0.2, 0.25) is 0 Å². The smallest absolute Gasteiger partial charge is 0.302 e. The largest absolute Gasteiger partial charge is 0.304 e. The van der Waals surface area contributed by atoms with Crippen LogP contribution in [0.4, 0.5) is 0 Å². The number of hydrogen-bond donors (Lipinski definition) is 3. The first-order valence-corrected chi connectivity index (χ1v) is 3.15. The van der Waals surface area contributed by atoms with E-state index in [1.807, 2.05) is 0 Å². The summed E-state index contributed by atoms with van der Waals surface area (Å²) in [6.45, 7) is 0.